The van der Waals surface area contributed by atoms with Crippen molar-refractivity contribution in [1.29, 1.82) is 0 Å². The van der Waals surface area contributed by atoms with E-state index in [0.29, 0.717) is 17.1 Å². The fraction of sp³-hybridized carbons (Fsp3) is 0.500. The molecule has 0 aliphatic carbocycles. The highest BCUT2D eigenvalue weighted by Gasteiger charge is 2.27. The molecule has 0 spiro atoms. The summed E-state index contributed by atoms with van der Waals surface area (Å²) in [4.78, 5) is 12.3. The first-order chi connectivity index (χ1) is 8.48. The maximum Gasteiger partial charge on any atom is 0.252 e. The predicted molar refractivity (Wildman–Crippen MR) is 83.3 cm³/mol. The van der Waals surface area contributed by atoms with Crippen molar-refractivity contribution < 1.29 is 4.79 Å². The molecule has 3 N–H and O–H groups in total. The van der Waals surface area contributed by atoms with Crippen LogP contribution in [0.3, 0.4) is 0 Å². The van der Waals surface area contributed by atoms with E-state index < -0.39 is 0 Å². The zero-order valence-corrected chi connectivity index (χ0v) is 13.2. The van der Waals surface area contributed by atoms with Gasteiger partial charge in [0.15, 0.2) is 0 Å². The van der Waals surface area contributed by atoms with Crippen LogP contribution in [0.2, 0.25) is 5.02 Å². The average Bonchev–Trinajstić information content (AvgIpc) is 2.38. The van der Waals surface area contributed by atoms with Crippen LogP contribution in [-0.4, -0.2) is 18.0 Å². The van der Waals surface area contributed by atoms with E-state index in [1.807, 2.05) is 26.8 Å². The number of nitrogens with two attached hydrogens (primary N) is 1. The van der Waals surface area contributed by atoms with Gasteiger partial charge in [-0.1, -0.05) is 31.5 Å². The molecule has 1 aromatic rings. The molecular weight excluding hydrogens is 283 g/mol. The second kappa shape index (κ2) is 7.73. The number of amides is 1. The summed E-state index contributed by atoms with van der Waals surface area (Å²) in [7, 11) is 0. The van der Waals surface area contributed by atoms with Gasteiger partial charge in [-0.25, -0.2) is 0 Å². The van der Waals surface area contributed by atoms with Crippen molar-refractivity contribution in [3.8, 4) is 0 Å². The second-order valence-corrected chi connectivity index (χ2v) is 5.04. The molecule has 1 rings (SSSR count). The predicted octanol–water partition coefficient (Wildman–Crippen LogP) is 3.32. The number of nitrogens with one attached hydrogen (secondary N) is 1. The molecule has 1 aromatic carbocycles. The standard InChI is InChI=1S/C14H21ClN2O.ClH/c1-4-14(5-2,9-16)17-13(18)12-8-11(15)7-6-10(12)3;/h6-8H,4-5,9,16H2,1-3H3,(H,17,18);1H. The van der Waals surface area contributed by atoms with Gasteiger partial charge in [-0.15, -0.1) is 12.4 Å². The van der Waals surface area contributed by atoms with Crippen LogP contribution in [0.5, 0.6) is 0 Å². The minimum Gasteiger partial charge on any atom is -0.345 e. The van der Waals surface area contributed by atoms with Crippen molar-refractivity contribution in [2.75, 3.05) is 6.54 Å². The number of carbonyl (C=O) groups is 1. The number of carbonyl (C=O) groups excluding carboxylic acids is 1. The molecule has 0 aliphatic rings. The number of hydrogen-bond donors (Lipinski definition) is 2. The van der Waals surface area contributed by atoms with Crippen molar-refractivity contribution in [1.82, 2.24) is 5.32 Å². The lowest BCUT2D eigenvalue weighted by molar-refractivity contribution is 0.0894. The molecule has 0 aromatic heterocycles. The molecule has 0 bridgehead atoms. The summed E-state index contributed by atoms with van der Waals surface area (Å²) in [6.07, 6.45) is 1.62. The molecule has 19 heavy (non-hydrogen) atoms. The molecule has 0 saturated carbocycles. The highest BCUT2D eigenvalue weighted by molar-refractivity contribution is 6.31. The topological polar surface area (TPSA) is 55.1 Å². The summed E-state index contributed by atoms with van der Waals surface area (Å²) in [5.74, 6) is -0.107. The van der Waals surface area contributed by atoms with Gasteiger partial charge in [0.05, 0.1) is 5.54 Å². The third-order valence-electron chi connectivity index (χ3n) is 3.57. The molecule has 108 valence electrons. The van der Waals surface area contributed by atoms with E-state index in [-0.39, 0.29) is 23.9 Å². The second-order valence-electron chi connectivity index (χ2n) is 4.60. The number of benzene rings is 1. The summed E-state index contributed by atoms with van der Waals surface area (Å²) in [5, 5.41) is 3.61. The lowest BCUT2D eigenvalue weighted by Gasteiger charge is -2.31. The van der Waals surface area contributed by atoms with Crippen molar-refractivity contribution in [2.24, 2.45) is 5.73 Å². The van der Waals surface area contributed by atoms with Crippen molar-refractivity contribution in [3.05, 3.63) is 34.3 Å². The Hall–Kier alpha value is -0.770. The van der Waals surface area contributed by atoms with E-state index >= 15 is 0 Å². The smallest absolute Gasteiger partial charge is 0.252 e. The van der Waals surface area contributed by atoms with Crippen LogP contribution in [0, 0.1) is 6.92 Å². The molecule has 0 heterocycles. The molecule has 0 fully saturated rings. The summed E-state index contributed by atoms with van der Waals surface area (Å²) >= 11 is 5.93. The zero-order valence-electron chi connectivity index (χ0n) is 11.6. The van der Waals surface area contributed by atoms with Crippen molar-refractivity contribution in [2.45, 2.75) is 39.2 Å². The van der Waals surface area contributed by atoms with E-state index in [1.165, 1.54) is 0 Å². The molecule has 0 unspecified atom stereocenters. The minimum atomic E-state index is -0.328. The maximum absolute atomic E-state index is 12.3. The van der Waals surface area contributed by atoms with Gasteiger partial charge in [0.1, 0.15) is 0 Å². The maximum atomic E-state index is 12.3. The SMILES string of the molecule is CCC(CC)(CN)NC(=O)c1cc(Cl)ccc1C.Cl. The van der Waals surface area contributed by atoms with E-state index in [4.69, 9.17) is 17.3 Å². The third kappa shape index (κ3) is 4.37. The number of halogens is 2. The summed E-state index contributed by atoms with van der Waals surface area (Å²) in [5.41, 5.74) is 6.98. The summed E-state index contributed by atoms with van der Waals surface area (Å²) in [6.45, 7) is 6.39. The minimum absolute atomic E-state index is 0. The number of hydrogen-bond acceptors (Lipinski definition) is 2. The van der Waals surface area contributed by atoms with Crippen LogP contribution >= 0.6 is 24.0 Å². The zero-order chi connectivity index (χ0) is 13.8. The Morgan fingerprint density at radius 2 is 1.95 bits per heavy atom. The molecule has 0 atom stereocenters. The first kappa shape index (κ1) is 18.2. The largest absolute Gasteiger partial charge is 0.345 e. The normalized spacial score (nSPS) is 10.8. The van der Waals surface area contributed by atoms with Crippen LogP contribution in [0.1, 0.15) is 42.6 Å². The van der Waals surface area contributed by atoms with E-state index in [9.17, 15) is 4.79 Å². The van der Waals surface area contributed by atoms with Crippen LogP contribution in [0.4, 0.5) is 0 Å². The highest BCUT2D eigenvalue weighted by atomic mass is 35.5. The van der Waals surface area contributed by atoms with E-state index in [1.54, 1.807) is 12.1 Å². The molecule has 3 nitrogen and oxygen atoms in total. The highest BCUT2D eigenvalue weighted by Crippen LogP contribution is 2.18. The Morgan fingerprint density at radius 3 is 2.42 bits per heavy atom. The summed E-state index contributed by atoms with van der Waals surface area (Å²) < 4.78 is 0. The van der Waals surface area contributed by atoms with E-state index in [2.05, 4.69) is 5.32 Å². The van der Waals surface area contributed by atoms with Gasteiger partial charge < -0.3 is 11.1 Å². The van der Waals surface area contributed by atoms with Gasteiger partial charge in [0.25, 0.3) is 5.91 Å². The molecule has 5 heteroatoms. The Morgan fingerprint density at radius 1 is 1.37 bits per heavy atom. The quantitative estimate of drug-likeness (QED) is 0.877. The van der Waals surface area contributed by atoms with Gasteiger partial charge in [0.2, 0.25) is 0 Å². The Bertz CT molecular complexity index is 423. The fourth-order valence-electron chi connectivity index (χ4n) is 1.91. The number of aryl methyl sites for hydroxylation is 1. The monoisotopic (exact) mass is 304 g/mol. The average molecular weight is 305 g/mol. The summed E-state index contributed by atoms with van der Waals surface area (Å²) in [6, 6.07) is 5.32. The van der Waals surface area contributed by atoms with Crippen LogP contribution in [0.15, 0.2) is 18.2 Å². The molecule has 1 amide bonds. The van der Waals surface area contributed by atoms with Crippen molar-refractivity contribution >= 4 is 29.9 Å². The Balaban J connectivity index is 0.00000324. The van der Waals surface area contributed by atoms with Gasteiger partial charge in [-0.3, -0.25) is 4.79 Å². The van der Waals surface area contributed by atoms with Gasteiger partial charge in [0, 0.05) is 17.1 Å². The Kier molecular flexibility index (Phi) is 7.42. The Labute approximate surface area is 126 Å². The molecule has 0 aliphatic heterocycles. The molecule has 0 radical (unpaired) electrons. The van der Waals surface area contributed by atoms with E-state index in [0.717, 1.165) is 18.4 Å². The van der Waals surface area contributed by atoms with Crippen LogP contribution < -0.4 is 11.1 Å². The van der Waals surface area contributed by atoms with Crippen molar-refractivity contribution in [3.63, 3.8) is 0 Å². The lowest BCUT2D eigenvalue weighted by atomic mass is 9.92. The first-order valence-corrected chi connectivity index (χ1v) is 6.64. The molecule has 0 saturated heterocycles. The molecular formula is C14H22Cl2N2O. The number of rotatable bonds is 5. The van der Waals surface area contributed by atoms with Gasteiger partial charge in [-0.2, -0.15) is 0 Å². The van der Waals surface area contributed by atoms with Crippen LogP contribution in [0.25, 0.3) is 0 Å². The van der Waals surface area contributed by atoms with Gasteiger partial charge in [-0.05, 0) is 37.5 Å². The first-order valence-electron chi connectivity index (χ1n) is 6.26. The lowest BCUT2D eigenvalue weighted by Crippen LogP contribution is -2.53. The van der Waals surface area contributed by atoms with Crippen LogP contribution in [-0.2, 0) is 0 Å². The van der Waals surface area contributed by atoms with Gasteiger partial charge >= 0.3 is 0 Å². The fourth-order valence-corrected chi connectivity index (χ4v) is 2.09. The third-order valence-corrected chi connectivity index (χ3v) is 3.80.